The van der Waals surface area contributed by atoms with Gasteiger partial charge in [0.05, 0.1) is 5.25 Å². The molecule has 2 unspecified atom stereocenters. The third kappa shape index (κ3) is 6.28. The summed E-state index contributed by atoms with van der Waals surface area (Å²) in [6.07, 6.45) is 4.03. The summed E-state index contributed by atoms with van der Waals surface area (Å²) in [6.45, 7) is 10.5. The Bertz CT molecular complexity index is 309. The molecule has 0 bridgehead atoms. The molecule has 96 valence electrons. The normalized spacial score (nSPS) is 15.8. The largest absolute Gasteiger partial charge is 0.313 e. The van der Waals surface area contributed by atoms with Crippen LogP contribution in [0.4, 0.5) is 0 Å². The molecule has 1 N–H and O–H groups in total. The minimum Gasteiger partial charge on any atom is -0.313 e. The highest BCUT2D eigenvalue weighted by atomic mass is 32.2. The number of hydrogen-bond donors (Lipinski definition) is 1. The maximum absolute atomic E-state index is 11.5. The van der Waals surface area contributed by atoms with Crippen molar-refractivity contribution in [2.24, 2.45) is 0 Å². The van der Waals surface area contributed by atoms with Crippen LogP contribution >= 0.6 is 0 Å². The van der Waals surface area contributed by atoms with E-state index in [1.807, 2.05) is 6.92 Å². The lowest BCUT2D eigenvalue weighted by molar-refractivity contribution is 0.459. The molecule has 0 radical (unpaired) electrons. The second-order valence-electron chi connectivity index (χ2n) is 4.59. The van der Waals surface area contributed by atoms with E-state index in [0.29, 0.717) is 0 Å². The lowest BCUT2D eigenvalue weighted by atomic mass is 10.1. The second-order valence-corrected chi connectivity index (χ2v) is 6.99. The number of rotatable bonds is 8. The second kappa shape index (κ2) is 7.07. The van der Waals surface area contributed by atoms with E-state index in [2.05, 4.69) is 18.8 Å². The van der Waals surface area contributed by atoms with Gasteiger partial charge >= 0.3 is 0 Å². The standard InChI is InChI=1S/C12H25NO2S/c1-6-9-13-12(8-7-10(2)3)11(4)16(5,14)15/h11-13H,2,6-9H2,1,3-5H3. The Morgan fingerprint density at radius 2 is 2.00 bits per heavy atom. The van der Waals surface area contributed by atoms with E-state index in [9.17, 15) is 8.42 Å². The Morgan fingerprint density at radius 1 is 1.44 bits per heavy atom. The first kappa shape index (κ1) is 15.7. The summed E-state index contributed by atoms with van der Waals surface area (Å²) in [5, 5.41) is 2.98. The van der Waals surface area contributed by atoms with Gasteiger partial charge in [-0.05, 0) is 39.7 Å². The van der Waals surface area contributed by atoms with E-state index >= 15 is 0 Å². The van der Waals surface area contributed by atoms with Crippen molar-refractivity contribution in [2.75, 3.05) is 12.8 Å². The van der Waals surface area contributed by atoms with Gasteiger partial charge in [0.25, 0.3) is 0 Å². The quantitative estimate of drug-likeness (QED) is 0.668. The van der Waals surface area contributed by atoms with Crippen LogP contribution in [-0.4, -0.2) is 32.5 Å². The molecule has 4 heteroatoms. The van der Waals surface area contributed by atoms with Gasteiger partial charge in [0.1, 0.15) is 0 Å². The summed E-state index contributed by atoms with van der Waals surface area (Å²) < 4.78 is 23.0. The van der Waals surface area contributed by atoms with Crippen molar-refractivity contribution in [3.63, 3.8) is 0 Å². The zero-order valence-electron chi connectivity index (χ0n) is 10.9. The first-order chi connectivity index (χ1) is 7.29. The highest BCUT2D eigenvalue weighted by Gasteiger charge is 2.24. The predicted molar refractivity (Wildman–Crippen MR) is 70.4 cm³/mol. The van der Waals surface area contributed by atoms with Gasteiger partial charge in [-0.1, -0.05) is 12.5 Å². The van der Waals surface area contributed by atoms with E-state index in [1.165, 1.54) is 6.26 Å². The molecule has 0 amide bonds. The van der Waals surface area contributed by atoms with Gasteiger partial charge in [0, 0.05) is 12.3 Å². The third-order valence-corrected chi connectivity index (χ3v) is 4.46. The Hall–Kier alpha value is -0.350. The molecule has 0 aliphatic carbocycles. The van der Waals surface area contributed by atoms with Crippen LogP contribution in [-0.2, 0) is 9.84 Å². The van der Waals surface area contributed by atoms with Crippen molar-refractivity contribution in [3.05, 3.63) is 12.2 Å². The summed E-state index contributed by atoms with van der Waals surface area (Å²) in [7, 11) is -2.97. The van der Waals surface area contributed by atoms with Crippen LogP contribution < -0.4 is 5.32 Å². The topological polar surface area (TPSA) is 46.2 Å². The molecule has 0 aromatic rings. The van der Waals surface area contributed by atoms with Gasteiger partial charge in [-0.15, -0.1) is 6.58 Å². The summed E-state index contributed by atoms with van der Waals surface area (Å²) >= 11 is 0. The van der Waals surface area contributed by atoms with Gasteiger partial charge in [0.15, 0.2) is 9.84 Å². The van der Waals surface area contributed by atoms with Crippen molar-refractivity contribution < 1.29 is 8.42 Å². The fourth-order valence-corrected chi connectivity index (χ4v) is 2.36. The van der Waals surface area contributed by atoms with Crippen molar-refractivity contribution in [1.29, 1.82) is 0 Å². The molecule has 3 nitrogen and oxygen atoms in total. The first-order valence-corrected chi connectivity index (χ1v) is 7.81. The van der Waals surface area contributed by atoms with Gasteiger partial charge in [-0.3, -0.25) is 0 Å². The zero-order chi connectivity index (χ0) is 12.8. The fraction of sp³-hybridized carbons (Fsp3) is 0.833. The summed E-state index contributed by atoms with van der Waals surface area (Å²) in [5.41, 5.74) is 1.10. The summed E-state index contributed by atoms with van der Waals surface area (Å²) in [4.78, 5) is 0. The highest BCUT2D eigenvalue weighted by Crippen LogP contribution is 2.13. The lowest BCUT2D eigenvalue weighted by Gasteiger charge is -2.24. The molecule has 0 aromatic heterocycles. The lowest BCUT2D eigenvalue weighted by Crippen LogP contribution is -2.42. The molecule has 0 saturated heterocycles. The predicted octanol–water partition coefficient (Wildman–Crippen LogP) is 2.14. The maximum atomic E-state index is 11.5. The van der Waals surface area contributed by atoms with E-state index in [-0.39, 0.29) is 11.3 Å². The highest BCUT2D eigenvalue weighted by molar-refractivity contribution is 7.91. The molecule has 0 aliphatic heterocycles. The van der Waals surface area contributed by atoms with E-state index in [0.717, 1.165) is 31.4 Å². The van der Waals surface area contributed by atoms with Crippen LogP contribution in [0.1, 0.15) is 40.0 Å². The molecule has 0 saturated carbocycles. The van der Waals surface area contributed by atoms with E-state index in [1.54, 1.807) is 6.92 Å². The van der Waals surface area contributed by atoms with Crippen LogP contribution in [0.25, 0.3) is 0 Å². The van der Waals surface area contributed by atoms with Crippen LogP contribution in [0.5, 0.6) is 0 Å². The number of hydrogen-bond acceptors (Lipinski definition) is 3. The third-order valence-electron chi connectivity index (χ3n) is 2.78. The number of sulfone groups is 1. The zero-order valence-corrected chi connectivity index (χ0v) is 11.7. The Labute approximate surface area is 100 Å². The Kier molecular flexibility index (Phi) is 6.91. The molecule has 0 fully saturated rings. The molecular formula is C12H25NO2S. The van der Waals surface area contributed by atoms with Crippen LogP contribution in [0.15, 0.2) is 12.2 Å². The molecule has 0 heterocycles. The summed E-state index contributed by atoms with van der Waals surface area (Å²) in [6, 6.07) is 0.0339. The maximum Gasteiger partial charge on any atom is 0.151 e. The van der Waals surface area contributed by atoms with Crippen molar-refractivity contribution in [1.82, 2.24) is 5.32 Å². The molecular weight excluding hydrogens is 222 g/mol. The molecule has 0 aromatic carbocycles. The smallest absolute Gasteiger partial charge is 0.151 e. The first-order valence-electron chi connectivity index (χ1n) is 5.85. The molecule has 0 spiro atoms. The van der Waals surface area contributed by atoms with Crippen LogP contribution in [0.2, 0.25) is 0 Å². The number of allylic oxidation sites excluding steroid dienone is 1. The van der Waals surface area contributed by atoms with Crippen molar-refractivity contribution >= 4 is 9.84 Å². The molecule has 0 rings (SSSR count). The minimum absolute atomic E-state index is 0.0339. The van der Waals surface area contributed by atoms with E-state index in [4.69, 9.17) is 0 Å². The Morgan fingerprint density at radius 3 is 2.38 bits per heavy atom. The number of nitrogens with one attached hydrogen (secondary N) is 1. The SMILES string of the molecule is C=C(C)CCC(NCCC)C(C)S(C)(=O)=O. The summed E-state index contributed by atoms with van der Waals surface area (Å²) in [5.74, 6) is 0. The average molecular weight is 247 g/mol. The minimum atomic E-state index is -2.97. The van der Waals surface area contributed by atoms with E-state index < -0.39 is 9.84 Å². The van der Waals surface area contributed by atoms with Gasteiger partial charge in [0.2, 0.25) is 0 Å². The Balaban J connectivity index is 4.46. The monoisotopic (exact) mass is 247 g/mol. The van der Waals surface area contributed by atoms with Crippen LogP contribution in [0, 0.1) is 0 Å². The van der Waals surface area contributed by atoms with Crippen LogP contribution in [0.3, 0.4) is 0 Å². The molecule has 2 atom stereocenters. The van der Waals surface area contributed by atoms with Gasteiger partial charge < -0.3 is 5.32 Å². The van der Waals surface area contributed by atoms with Crippen molar-refractivity contribution in [3.8, 4) is 0 Å². The molecule has 0 aliphatic rings. The molecule has 16 heavy (non-hydrogen) atoms. The van der Waals surface area contributed by atoms with Gasteiger partial charge in [-0.25, -0.2) is 8.42 Å². The fourth-order valence-electron chi connectivity index (χ4n) is 1.53. The van der Waals surface area contributed by atoms with Crippen molar-refractivity contribution in [2.45, 2.75) is 51.3 Å². The average Bonchev–Trinajstić information content (AvgIpc) is 2.15. The van der Waals surface area contributed by atoms with Gasteiger partial charge in [-0.2, -0.15) is 0 Å².